The molecule has 2 aliphatic carbocycles. The van der Waals surface area contributed by atoms with Gasteiger partial charge in [0.25, 0.3) is 0 Å². The van der Waals surface area contributed by atoms with Crippen LogP contribution in [-0.4, -0.2) is 0 Å². The van der Waals surface area contributed by atoms with E-state index < -0.39 is 0 Å². The van der Waals surface area contributed by atoms with Gasteiger partial charge in [-0.15, -0.1) is 0 Å². The molecule has 0 aliphatic heterocycles. The van der Waals surface area contributed by atoms with Crippen LogP contribution in [0.2, 0.25) is 0 Å². The van der Waals surface area contributed by atoms with E-state index in [1.54, 1.807) is 11.1 Å². The van der Waals surface area contributed by atoms with Gasteiger partial charge >= 0.3 is 0 Å². The van der Waals surface area contributed by atoms with Crippen LogP contribution >= 0.6 is 0 Å². The van der Waals surface area contributed by atoms with Gasteiger partial charge in [-0.1, -0.05) is 127 Å². The molecule has 2 aromatic rings. The fourth-order valence-electron chi connectivity index (χ4n) is 7.47. The predicted molar refractivity (Wildman–Crippen MR) is 159 cm³/mol. The van der Waals surface area contributed by atoms with Gasteiger partial charge in [-0.3, -0.25) is 0 Å². The molecule has 2 aromatic carbocycles. The van der Waals surface area contributed by atoms with Gasteiger partial charge in [0, 0.05) is 0 Å². The first-order valence-corrected chi connectivity index (χ1v) is 15.7. The van der Waals surface area contributed by atoms with Gasteiger partial charge in [0.05, 0.1) is 0 Å². The largest absolute Gasteiger partial charge is 0.0654 e. The lowest BCUT2D eigenvalue weighted by Crippen LogP contribution is -2.15. The summed E-state index contributed by atoms with van der Waals surface area (Å²) in [4.78, 5) is 0. The molecular formula is C36H54. The molecule has 36 heavy (non-hydrogen) atoms. The van der Waals surface area contributed by atoms with Gasteiger partial charge in [0.1, 0.15) is 0 Å². The molecule has 0 spiro atoms. The van der Waals surface area contributed by atoms with Crippen molar-refractivity contribution in [1.29, 1.82) is 0 Å². The minimum absolute atomic E-state index is 0.957. The lowest BCUT2D eigenvalue weighted by atomic mass is 9.78. The molecule has 0 aromatic heterocycles. The third kappa shape index (κ3) is 7.72. The molecule has 0 N–H and O–H groups in total. The van der Waals surface area contributed by atoms with Crippen LogP contribution < -0.4 is 0 Å². The number of aryl methyl sites for hydroxylation is 4. The van der Waals surface area contributed by atoms with Crippen LogP contribution in [0.1, 0.15) is 126 Å². The summed E-state index contributed by atoms with van der Waals surface area (Å²) >= 11 is 0. The molecule has 0 unspecified atom stereocenters. The van der Waals surface area contributed by atoms with E-state index in [9.17, 15) is 0 Å². The predicted octanol–water partition coefficient (Wildman–Crippen LogP) is 11.0. The standard InChI is InChI=1S/C36H54/c1-5-7-29-9-13-31(14-10-29)17-19-33-21-23-35(25-27(33)3)36-24-22-34(28(4)26-36)20-18-32-15-11-30(8-6-2)12-16-32/h21-26,29-32H,5-20H2,1-4H3/t29-,30-,31-,32-. The SMILES string of the molecule is CCC[C@H]1CC[C@H](CCc2ccc(-c3ccc(CC[C@H]4CC[C@H](CCC)CC4)c(C)c3)cc2C)CC1. The molecule has 0 radical (unpaired) electrons. The van der Waals surface area contributed by atoms with E-state index in [4.69, 9.17) is 0 Å². The molecular weight excluding hydrogens is 432 g/mol. The third-order valence-corrected chi connectivity index (χ3v) is 9.99. The van der Waals surface area contributed by atoms with Gasteiger partial charge in [0.2, 0.25) is 0 Å². The topological polar surface area (TPSA) is 0 Å². The highest BCUT2D eigenvalue weighted by Crippen LogP contribution is 2.36. The fourth-order valence-corrected chi connectivity index (χ4v) is 7.47. The number of hydrogen-bond acceptors (Lipinski definition) is 0. The Morgan fingerprint density at radius 3 is 1.14 bits per heavy atom. The molecule has 0 heterocycles. The van der Waals surface area contributed by atoms with E-state index >= 15 is 0 Å². The zero-order chi connectivity index (χ0) is 25.3. The highest BCUT2D eigenvalue weighted by Gasteiger charge is 2.21. The normalized spacial score (nSPS) is 24.7. The molecule has 198 valence electrons. The smallest absolute Gasteiger partial charge is 0.0181 e. The first kappa shape index (κ1) is 27.5. The Labute approximate surface area is 223 Å². The monoisotopic (exact) mass is 486 g/mol. The van der Waals surface area contributed by atoms with Crippen LogP contribution in [0.25, 0.3) is 11.1 Å². The van der Waals surface area contributed by atoms with Crippen LogP contribution in [0, 0.1) is 37.5 Å². The third-order valence-electron chi connectivity index (χ3n) is 9.99. The zero-order valence-electron chi connectivity index (χ0n) is 24.1. The minimum Gasteiger partial charge on any atom is -0.0654 e. The van der Waals surface area contributed by atoms with Crippen LogP contribution in [0.5, 0.6) is 0 Å². The Morgan fingerprint density at radius 1 is 0.500 bits per heavy atom. The zero-order valence-corrected chi connectivity index (χ0v) is 24.1. The minimum atomic E-state index is 0.957. The molecule has 0 atom stereocenters. The van der Waals surface area contributed by atoms with Gasteiger partial charge in [-0.2, -0.15) is 0 Å². The summed E-state index contributed by atoms with van der Waals surface area (Å²) in [5.41, 5.74) is 8.87. The lowest BCUT2D eigenvalue weighted by molar-refractivity contribution is 0.252. The van der Waals surface area contributed by atoms with E-state index in [2.05, 4.69) is 64.1 Å². The molecule has 0 nitrogen and oxygen atoms in total. The van der Waals surface area contributed by atoms with E-state index in [0.717, 1.165) is 23.7 Å². The van der Waals surface area contributed by atoms with Crippen LogP contribution in [0.4, 0.5) is 0 Å². The summed E-state index contributed by atoms with van der Waals surface area (Å²) in [6, 6.07) is 14.5. The fraction of sp³-hybridized carbons (Fsp3) is 0.667. The van der Waals surface area contributed by atoms with Crippen molar-refractivity contribution in [3.8, 4) is 11.1 Å². The molecule has 0 saturated heterocycles. The average Bonchev–Trinajstić information content (AvgIpc) is 2.89. The number of rotatable bonds is 11. The Morgan fingerprint density at radius 2 is 0.833 bits per heavy atom. The first-order valence-electron chi connectivity index (χ1n) is 15.7. The van der Waals surface area contributed by atoms with E-state index in [1.165, 1.54) is 125 Å². The van der Waals surface area contributed by atoms with Gasteiger partial charge < -0.3 is 0 Å². The second kappa shape index (κ2) is 13.8. The lowest BCUT2D eigenvalue weighted by Gasteiger charge is -2.28. The van der Waals surface area contributed by atoms with Crippen LogP contribution in [0.3, 0.4) is 0 Å². The summed E-state index contributed by atoms with van der Waals surface area (Å²) in [7, 11) is 0. The molecule has 0 amide bonds. The molecule has 0 bridgehead atoms. The Hall–Kier alpha value is -1.56. The molecule has 4 rings (SSSR count). The van der Waals surface area contributed by atoms with Crippen molar-refractivity contribution in [2.75, 3.05) is 0 Å². The summed E-state index contributed by atoms with van der Waals surface area (Å²) < 4.78 is 0. The average molecular weight is 487 g/mol. The summed E-state index contributed by atoms with van der Waals surface area (Å²) in [6.07, 6.45) is 22.7. The van der Waals surface area contributed by atoms with Gasteiger partial charge in [-0.05, 0) is 96.6 Å². The first-order chi connectivity index (χ1) is 17.6. The van der Waals surface area contributed by atoms with E-state index in [-0.39, 0.29) is 0 Å². The highest BCUT2D eigenvalue weighted by atomic mass is 14.3. The quantitative estimate of drug-likeness (QED) is 0.296. The molecule has 2 aliphatic rings. The van der Waals surface area contributed by atoms with Crippen LogP contribution in [0.15, 0.2) is 36.4 Å². The summed E-state index contributed by atoms with van der Waals surface area (Å²) in [5, 5.41) is 0. The Kier molecular flexibility index (Phi) is 10.6. The number of benzene rings is 2. The Bertz CT molecular complexity index is 844. The van der Waals surface area contributed by atoms with Crippen molar-refractivity contribution >= 4 is 0 Å². The molecule has 2 saturated carbocycles. The second-order valence-corrected chi connectivity index (χ2v) is 12.7. The van der Waals surface area contributed by atoms with E-state index in [0.29, 0.717) is 0 Å². The summed E-state index contributed by atoms with van der Waals surface area (Å²) in [5.74, 6) is 3.96. The maximum atomic E-state index is 2.44. The maximum Gasteiger partial charge on any atom is -0.0181 e. The number of hydrogen-bond donors (Lipinski definition) is 0. The maximum absolute atomic E-state index is 2.44. The van der Waals surface area contributed by atoms with Crippen molar-refractivity contribution < 1.29 is 0 Å². The summed E-state index contributed by atoms with van der Waals surface area (Å²) in [6.45, 7) is 9.34. The van der Waals surface area contributed by atoms with Gasteiger partial charge in [0.15, 0.2) is 0 Å². The van der Waals surface area contributed by atoms with Crippen molar-refractivity contribution in [3.05, 3.63) is 58.7 Å². The van der Waals surface area contributed by atoms with E-state index in [1.807, 2.05) is 0 Å². The van der Waals surface area contributed by atoms with Crippen molar-refractivity contribution in [2.24, 2.45) is 23.7 Å². The molecule has 2 fully saturated rings. The highest BCUT2D eigenvalue weighted by molar-refractivity contribution is 5.66. The van der Waals surface area contributed by atoms with Gasteiger partial charge in [-0.25, -0.2) is 0 Å². The molecule has 0 heteroatoms. The second-order valence-electron chi connectivity index (χ2n) is 12.7. The van der Waals surface area contributed by atoms with Crippen molar-refractivity contribution in [2.45, 2.75) is 130 Å². The van der Waals surface area contributed by atoms with Crippen molar-refractivity contribution in [3.63, 3.8) is 0 Å². The van der Waals surface area contributed by atoms with Crippen molar-refractivity contribution in [1.82, 2.24) is 0 Å². The van der Waals surface area contributed by atoms with Crippen LogP contribution in [-0.2, 0) is 12.8 Å². The Balaban J connectivity index is 1.27.